The first-order valence-electron chi connectivity index (χ1n) is 9.22. The normalized spacial score (nSPS) is 19.6. The number of carbonyl (C=O) groups is 2. The van der Waals surface area contributed by atoms with Crippen molar-refractivity contribution in [2.45, 2.75) is 45.0 Å². The lowest BCUT2D eigenvalue weighted by Crippen LogP contribution is -2.61. The van der Waals surface area contributed by atoms with E-state index in [9.17, 15) is 14.7 Å². The standard InChI is InChI=1S/C20H24N4O5/c1-19(2,3)29-18(26)20(4,27)16-17(25)24(10-11-28-16)15-7-5-6-14(23-15)13-8-9-21-22-12-13/h5-9,12,16,27H,10-11H2,1-4H3/t16-,20-/m0/s1. The number of aromatic nitrogens is 3. The van der Waals surface area contributed by atoms with E-state index < -0.39 is 29.2 Å². The Morgan fingerprint density at radius 3 is 2.66 bits per heavy atom. The molecule has 9 nitrogen and oxygen atoms in total. The molecule has 0 bridgehead atoms. The molecule has 2 atom stereocenters. The highest BCUT2D eigenvalue weighted by molar-refractivity contribution is 6.01. The van der Waals surface area contributed by atoms with Crippen molar-refractivity contribution in [3.8, 4) is 11.3 Å². The Hall–Kier alpha value is -2.91. The van der Waals surface area contributed by atoms with E-state index in [4.69, 9.17) is 9.47 Å². The predicted octanol–water partition coefficient (Wildman–Crippen LogP) is 1.36. The van der Waals surface area contributed by atoms with Crippen molar-refractivity contribution < 1.29 is 24.2 Å². The Morgan fingerprint density at radius 1 is 1.24 bits per heavy atom. The van der Waals surface area contributed by atoms with Crippen molar-refractivity contribution in [1.82, 2.24) is 15.2 Å². The van der Waals surface area contributed by atoms with E-state index in [1.165, 1.54) is 11.8 Å². The molecule has 0 aliphatic carbocycles. The zero-order chi connectivity index (χ0) is 21.2. The van der Waals surface area contributed by atoms with Crippen LogP contribution in [0.1, 0.15) is 27.7 Å². The van der Waals surface area contributed by atoms with Crippen LogP contribution in [0.25, 0.3) is 11.3 Å². The number of anilines is 1. The molecule has 1 fully saturated rings. The van der Waals surface area contributed by atoms with Gasteiger partial charge in [0, 0.05) is 5.56 Å². The minimum atomic E-state index is -2.14. The third kappa shape index (κ3) is 4.57. The van der Waals surface area contributed by atoms with Gasteiger partial charge >= 0.3 is 5.97 Å². The Bertz CT molecular complexity index is 895. The van der Waals surface area contributed by atoms with Gasteiger partial charge in [0.25, 0.3) is 5.91 Å². The van der Waals surface area contributed by atoms with Gasteiger partial charge < -0.3 is 14.6 Å². The average Bonchev–Trinajstić information content (AvgIpc) is 2.67. The summed E-state index contributed by atoms with van der Waals surface area (Å²) in [6.07, 6.45) is 1.72. The largest absolute Gasteiger partial charge is 0.458 e. The van der Waals surface area contributed by atoms with E-state index >= 15 is 0 Å². The summed E-state index contributed by atoms with van der Waals surface area (Å²) < 4.78 is 10.7. The third-order valence-electron chi connectivity index (χ3n) is 4.30. The second-order valence-corrected chi connectivity index (χ2v) is 7.90. The number of pyridine rings is 1. The maximum Gasteiger partial charge on any atom is 0.341 e. The molecule has 0 aromatic carbocycles. The van der Waals surface area contributed by atoms with E-state index in [0.717, 1.165) is 5.56 Å². The smallest absolute Gasteiger partial charge is 0.341 e. The fourth-order valence-electron chi connectivity index (χ4n) is 2.88. The number of hydrogen-bond donors (Lipinski definition) is 1. The van der Waals surface area contributed by atoms with Crippen molar-refractivity contribution in [3.05, 3.63) is 36.7 Å². The second kappa shape index (κ2) is 7.84. The summed E-state index contributed by atoms with van der Waals surface area (Å²) in [4.78, 5) is 31.4. The van der Waals surface area contributed by atoms with Gasteiger partial charge in [-0.15, -0.1) is 0 Å². The van der Waals surface area contributed by atoms with Crippen LogP contribution in [0.3, 0.4) is 0 Å². The molecule has 154 valence electrons. The molecule has 1 aliphatic heterocycles. The average molecular weight is 400 g/mol. The first kappa shape index (κ1) is 20.8. The molecule has 1 aliphatic rings. The van der Waals surface area contributed by atoms with Crippen LogP contribution in [0.4, 0.5) is 5.82 Å². The fourth-order valence-corrected chi connectivity index (χ4v) is 2.88. The highest BCUT2D eigenvalue weighted by Crippen LogP contribution is 2.27. The lowest BCUT2D eigenvalue weighted by molar-refractivity contribution is -0.194. The van der Waals surface area contributed by atoms with E-state index in [1.807, 2.05) is 0 Å². The Morgan fingerprint density at radius 2 is 2.00 bits per heavy atom. The molecule has 0 saturated carbocycles. The maximum atomic E-state index is 13.1. The molecule has 1 N–H and O–H groups in total. The number of nitrogens with zero attached hydrogens (tertiary/aromatic N) is 4. The van der Waals surface area contributed by atoms with Crippen LogP contribution in [-0.2, 0) is 19.1 Å². The van der Waals surface area contributed by atoms with Crippen LogP contribution in [0.2, 0.25) is 0 Å². The monoisotopic (exact) mass is 400 g/mol. The molecule has 3 rings (SSSR count). The number of hydrogen-bond acceptors (Lipinski definition) is 8. The van der Waals surface area contributed by atoms with Crippen LogP contribution in [0, 0.1) is 0 Å². The topological polar surface area (TPSA) is 115 Å². The van der Waals surface area contributed by atoms with Crippen molar-refractivity contribution in [3.63, 3.8) is 0 Å². The first-order valence-corrected chi connectivity index (χ1v) is 9.22. The number of esters is 1. The molecular weight excluding hydrogens is 376 g/mol. The molecule has 0 unspecified atom stereocenters. The molecule has 3 heterocycles. The van der Waals surface area contributed by atoms with Gasteiger partial charge in [-0.25, -0.2) is 9.78 Å². The first-order chi connectivity index (χ1) is 13.6. The molecule has 0 spiro atoms. The summed E-state index contributed by atoms with van der Waals surface area (Å²) in [5, 5.41) is 18.3. The van der Waals surface area contributed by atoms with E-state index in [-0.39, 0.29) is 13.2 Å². The van der Waals surface area contributed by atoms with Crippen LogP contribution in [0.15, 0.2) is 36.7 Å². The predicted molar refractivity (Wildman–Crippen MR) is 104 cm³/mol. The molecule has 29 heavy (non-hydrogen) atoms. The zero-order valence-corrected chi connectivity index (χ0v) is 16.8. The van der Waals surface area contributed by atoms with E-state index in [2.05, 4.69) is 15.2 Å². The van der Waals surface area contributed by atoms with Crippen molar-refractivity contribution in [1.29, 1.82) is 0 Å². The van der Waals surface area contributed by atoms with Gasteiger partial charge in [0.2, 0.25) is 0 Å². The Kier molecular flexibility index (Phi) is 5.63. The molecule has 9 heteroatoms. The number of amides is 1. The van der Waals surface area contributed by atoms with Crippen LogP contribution in [-0.4, -0.2) is 62.6 Å². The highest BCUT2D eigenvalue weighted by Gasteiger charge is 2.50. The van der Waals surface area contributed by atoms with Crippen molar-refractivity contribution >= 4 is 17.7 Å². The van der Waals surface area contributed by atoms with Crippen LogP contribution >= 0.6 is 0 Å². The van der Waals surface area contributed by atoms with E-state index in [1.54, 1.807) is 57.4 Å². The molecule has 1 amide bonds. The molecule has 1 saturated heterocycles. The summed E-state index contributed by atoms with van der Waals surface area (Å²) in [5.74, 6) is -1.10. The van der Waals surface area contributed by atoms with Gasteiger partial charge in [-0.1, -0.05) is 6.07 Å². The number of carbonyl (C=O) groups excluding carboxylic acids is 2. The summed E-state index contributed by atoms with van der Waals surface area (Å²) in [5.41, 5.74) is -1.59. The molecule has 2 aromatic rings. The van der Waals surface area contributed by atoms with Crippen molar-refractivity contribution in [2.24, 2.45) is 0 Å². The van der Waals surface area contributed by atoms with Crippen LogP contribution in [0.5, 0.6) is 0 Å². The quantitative estimate of drug-likeness (QED) is 0.765. The van der Waals surface area contributed by atoms with Gasteiger partial charge in [-0.3, -0.25) is 9.69 Å². The molecule has 2 aromatic heterocycles. The summed E-state index contributed by atoms with van der Waals surface area (Å²) in [7, 11) is 0. The SMILES string of the molecule is CC(C)(C)OC(=O)[C@@](C)(O)[C@H]1OCCN(c2cccc(-c3ccnnc3)n2)C1=O. The van der Waals surface area contributed by atoms with Gasteiger partial charge in [0.15, 0.2) is 11.7 Å². The maximum absolute atomic E-state index is 13.1. The number of morpholine rings is 1. The van der Waals surface area contributed by atoms with Crippen LogP contribution < -0.4 is 4.90 Å². The lowest BCUT2D eigenvalue weighted by atomic mass is 9.96. The van der Waals surface area contributed by atoms with Gasteiger partial charge in [0.1, 0.15) is 11.4 Å². The molecule has 0 radical (unpaired) electrons. The Labute approximate surface area is 168 Å². The number of ether oxygens (including phenoxy) is 2. The molecular formula is C20H24N4O5. The number of rotatable bonds is 4. The second-order valence-electron chi connectivity index (χ2n) is 7.90. The lowest BCUT2D eigenvalue weighted by Gasteiger charge is -2.38. The summed E-state index contributed by atoms with van der Waals surface area (Å²) in [6.45, 7) is 6.64. The minimum Gasteiger partial charge on any atom is -0.458 e. The van der Waals surface area contributed by atoms with Crippen molar-refractivity contribution in [2.75, 3.05) is 18.1 Å². The summed E-state index contributed by atoms with van der Waals surface area (Å²) >= 11 is 0. The van der Waals surface area contributed by atoms with Gasteiger partial charge in [-0.2, -0.15) is 10.2 Å². The Balaban J connectivity index is 1.86. The summed E-state index contributed by atoms with van der Waals surface area (Å²) in [6, 6.07) is 7.00. The van der Waals surface area contributed by atoms with E-state index in [0.29, 0.717) is 11.5 Å². The fraction of sp³-hybridized carbons (Fsp3) is 0.450. The number of aliphatic hydroxyl groups is 1. The zero-order valence-electron chi connectivity index (χ0n) is 16.8. The third-order valence-corrected chi connectivity index (χ3v) is 4.30. The highest BCUT2D eigenvalue weighted by atomic mass is 16.6. The van der Waals surface area contributed by atoms with Gasteiger partial charge in [-0.05, 0) is 45.9 Å². The minimum absolute atomic E-state index is 0.137. The van der Waals surface area contributed by atoms with Gasteiger partial charge in [0.05, 0.1) is 31.2 Å².